The summed E-state index contributed by atoms with van der Waals surface area (Å²) in [7, 11) is 4.50. The molecule has 0 saturated carbocycles. The number of likely N-dealkylation sites (N-methyl/N-ethyl adjacent to an activating group) is 2. The van der Waals surface area contributed by atoms with E-state index in [-0.39, 0.29) is 0 Å². The number of anilines is 1. The van der Waals surface area contributed by atoms with Crippen LogP contribution in [-0.4, -0.2) is 49.6 Å². The molecule has 3 heteroatoms. The number of nitrogens with zero attached hydrogens (tertiary/aromatic N) is 2. The summed E-state index contributed by atoms with van der Waals surface area (Å²) in [5.41, 5.74) is 4.25. The quantitative estimate of drug-likeness (QED) is 0.894. The Balaban J connectivity index is 1.58. The van der Waals surface area contributed by atoms with Crippen LogP contribution in [0.5, 0.6) is 0 Å². The first kappa shape index (κ1) is 12.9. The molecule has 19 heavy (non-hydrogen) atoms. The van der Waals surface area contributed by atoms with Crippen LogP contribution in [-0.2, 0) is 13.0 Å². The van der Waals surface area contributed by atoms with E-state index in [0.717, 1.165) is 19.1 Å². The summed E-state index contributed by atoms with van der Waals surface area (Å²) < 4.78 is 0. The third-order valence-electron chi connectivity index (χ3n) is 4.53. The van der Waals surface area contributed by atoms with Crippen LogP contribution in [0.4, 0.5) is 5.69 Å². The van der Waals surface area contributed by atoms with Crippen LogP contribution in [0.25, 0.3) is 0 Å². The molecule has 0 aromatic heterocycles. The zero-order valence-electron chi connectivity index (χ0n) is 12.2. The Hall–Kier alpha value is -1.06. The summed E-state index contributed by atoms with van der Waals surface area (Å²) in [5.74, 6) is 0. The fourth-order valence-electron chi connectivity index (χ4n) is 3.38. The molecule has 1 aromatic rings. The first-order valence-corrected chi connectivity index (χ1v) is 7.47. The van der Waals surface area contributed by atoms with Gasteiger partial charge in [-0.25, -0.2) is 0 Å². The number of hydrogen-bond acceptors (Lipinski definition) is 3. The molecule has 1 unspecified atom stereocenters. The summed E-state index contributed by atoms with van der Waals surface area (Å²) in [4.78, 5) is 4.96. The van der Waals surface area contributed by atoms with Crippen molar-refractivity contribution in [1.82, 2.24) is 9.80 Å². The number of likely N-dealkylation sites (tertiary alicyclic amines) is 1. The molecule has 3 nitrogen and oxygen atoms in total. The van der Waals surface area contributed by atoms with Gasteiger partial charge in [0.15, 0.2) is 0 Å². The van der Waals surface area contributed by atoms with Gasteiger partial charge in [-0.3, -0.25) is 0 Å². The van der Waals surface area contributed by atoms with Gasteiger partial charge in [-0.15, -0.1) is 0 Å². The number of benzene rings is 1. The van der Waals surface area contributed by atoms with E-state index in [2.05, 4.69) is 47.4 Å². The minimum atomic E-state index is 0.748. The maximum Gasteiger partial charge on any atom is 0.0376 e. The van der Waals surface area contributed by atoms with Crippen molar-refractivity contribution in [2.45, 2.75) is 31.8 Å². The zero-order chi connectivity index (χ0) is 13.2. The van der Waals surface area contributed by atoms with Gasteiger partial charge in [0.2, 0.25) is 0 Å². The van der Waals surface area contributed by atoms with E-state index in [0.29, 0.717) is 0 Å². The summed E-state index contributed by atoms with van der Waals surface area (Å²) in [6.07, 6.45) is 3.89. The highest BCUT2D eigenvalue weighted by molar-refractivity contribution is 5.56. The molecule has 0 spiro atoms. The molecule has 0 bridgehead atoms. The molecule has 1 aromatic carbocycles. The van der Waals surface area contributed by atoms with Gasteiger partial charge >= 0.3 is 0 Å². The standard InChI is InChI=1S/C16H25N3/c1-18(12-15-4-3-9-19(15)2)11-13-5-6-14-7-8-17-16(14)10-13/h5-6,10,15,17H,3-4,7-9,11-12H2,1-2H3. The van der Waals surface area contributed by atoms with Gasteiger partial charge in [0.25, 0.3) is 0 Å². The van der Waals surface area contributed by atoms with Crippen molar-refractivity contribution in [2.75, 3.05) is 39.0 Å². The van der Waals surface area contributed by atoms with Gasteiger partial charge in [0, 0.05) is 31.4 Å². The lowest BCUT2D eigenvalue weighted by Gasteiger charge is -2.26. The molecule has 1 atom stereocenters. The van der Waals surface area contributed by atoms with Crippen LogP contribution in [0, 0.1) is 0 Å². The maximum absolute atomic E-state index is 3.47. The summed E-state index contributed by atoms with van der Waals surface area (Å²) >= 11 is 0. The van der Waals surface area contributed by atoms with Crippen molar-refractivity contribution in [2.24, 2.45) is 0 Å². The van der Waals surface area contributed by atoms with Gasteiger partial charge in [-0.2, -0.15) is 0 Å². The molecule has 1 N–H and O–H groups in total. The predicted octanol–water partition coefficient (Wildman–Crippen LogP) is 2.18. The first-order chi connectivity index (χ1) is 9.22. The van der Waals surface area contributed by atoms with Crippen molar-refractivity contribution in [3.05, 3.63) is 29.3 Å². The molecular weight excluding hydrogens is 234 g/mol. The van der Waals surface area contributed by atoms with Gasteiger partial charge in [-0.1, -0.05) is 12.1 Å². The SMILES string of the molecule is CN(Cc1ccc2c(c1)NCC2)CC1CCCN1C. The molecule has 1 saturated heterocycles. The maximum atomic E-state index is 3.47. The van der Waals surface area contributed by atoms with E-state index in [9.17, 15) is 0 Å². The minimum absolute atomic E-state index is 0.748. The minimum Gasteiger partial charge on any atom is -0.384 e. The van der Waals surface area contributed by atoms with E-state index in [1.165, 1.54) is 49.2 Å². The Morgan fingerprint density at radius 2 is 2.32 bits per heavy atom. The fraction of sp³-hybridized carbons (Fsp3) is 0.625. The molecule has 2 aliphatic rings. The smallest absolute Gasteiger partial charge is 0.0376 e. The number of fused-ring (bicyclic) bond motifs is 1. The Morgan fingerprint density at radius 3 is 3.11 bits per heavy atom. The Bertz CT molecular complexity index is 444. The van der Waals surface area contributed by atoms with Crippen LogP contribution in [0.1, 0.15) is 24.0 Å². The van der Waals surface area contributed by atoms with Gasteiger partial charge in [0.05, 0.1) is 0 Å². The lowest BCUT2D eigenvalue weighted by molar-refractivity contribution is 0.215. The van der Waals surface area contributed by atoms with E-state index < -0.39 is 0 Å². The Kier molecular flexibility index (Phi) is 3.76. The molecule has 2 aliphatic heterocycles. The third kappa shape index (κ3) is 2.93. The van der Waals surface area contributed by atoms with Crippen LogP contribution in [0.2, 0.25) is 0 Å². The normalized spacial score (nSPS) is 22.8. The lowest BCUT2D eigenvalue weighted by Crippen LogP contribution is -2.36. The molecule has 3 rings (SSSR count). The average Bonchev–Trinajstić information content (AvgIpc) is 2.98. The van der Waals surface area contributed by atoms with Crippen molar-refractivity contribution < 1.29 is 0 Å². The fourth-order valence-corrected chi connectivity index (χ4v) is 3.38. The summed E-state index contributed by atoms with van der Waals surface area (Å²) in [6.45, 7) is 4.60. The lowest BCUT2D eigenvalue weighted by atomic mass is 10.1. The summed E-state index contributed by atoms with van der Waals surface area (Å²) in [5, 5.41) is 3.47. The van der Waals surface area contributed by atoms with Crippen molar-refractivity contribution in [3.8, 4) is 0 Å². The van der Waals surface area contributed by atoms with Crippen LogP contribution >= 0.6 is 0 Å². The van der Waals surface area contributed by atoms with Crippen LogP contribution < -0.4 is 5.32 Å². The average molecular weight is 259 g/mol. The monoisotopic (exact) mass is 259 g/mol. The van der Waals surface area contributed by atoms with E-state index >= 15 is 0 Å². The molecule has 0 aliphatic carbocycles. The molecule has 104 valence electrons. The van der Waals surface area contributed by atoms with Crippen molar-refractivity contribution >= 4 is 5.69 Å². The van der Waals surface area contributed by atoms with Gasteiger partial charge in [-0.05, 0) is 57.1 Å². The third-order valence-corrected chi connectivity index (χ3v) is 4.53. The Labute approximate surface area is 116 Å². The van der Waals surface area contributed by atoms with Crippen LogP contribution in [0.15, 0.2) is 18.2 Å². The van der Waals surface area contributed by atoms with Crippen molar-refractivity contribution in [3.63, 3.8) is 0 Å². The highest BCUT2D eigenvalue weighted by Crippen LogP contribution is 2.24. The molecule has 1 fully saturated rings. The second-order valence-corrected chi connectivity index (χ2v) is 6.14. The summed E-state index contributed by atoms with van der Waals surface area (Å²) in [6, 6.07) is 7.66. The van der Waals surface area contributed by atoms with Crippen molar-refractivity contribution in [1.29, 1.82) is 0 Å². The Morgan fingerprint density at radius 1 is 1.42 bits per heavy atom. The topological polar surface area (TPSA) is 18.5 Å². The molecular formula is C16H25N3. The largest absolute Gasteiger partial charge is 0.384 e. The number of nitrogens with one attached hydrogen (secondary N) is 1. The highest BCUT2D eigenvalue weighted by atomic mass is 15.2. The van der Waals surface area contributed by atoms with E-state index in [4.69, 9.17) is 0 Å². The molecule has 0 amide bonds. The number of rotatable bonds is 4. The van der Waals surface area contributed by atoms with Gasteiger partial charge in [0.1, 0.15) is 0 Å². The first-order valence-electron chi connectivity index (χ1n) is 7.47. The predicted molar refractivity (Wildman–Crippen MR) is 80.6 cm³/mol. The highest BCUT2D eigenvalue weighted by Gasteiger charge is 2.22. The van der Waals surface area contributed by atoms with Gasteiger partial charge < -0.3 is 15.1 Å². The molecule has 0 radical (unpaired) electrons. The number of hydrogen-bond donors (Lipinski definition) is 1. The van der Waals surface area contributed by atoms with E-state index in [1.54, 1.807) is 0 Å². The molecule has 2 heterocycles. The zero-order valence-corrected chi connectivity index (χ0v) is 12.2. The second-order valence-electron chi connectivity index (χ2n) is 6.14. The van der Waals surface area contributed by atoms with Crippen LogP contribution in [0.3, 0.4) is 0 Å². The van der Waals surface area contributed by atoms with E-state index in [1.807, 2.05) is 0 Å². The second kappa shape index (κ2) is 5.51.